The van der Waals surface area contributed by atoms with Crippen LogP contribution in [0.4, 0.5) is 5.69 Å². The number of ether oxygens (including phenoxy) is 2. The zero-order valence-electron chi connectivity index (χ0n) is 21.1. The highest BCUT2D eigenvalue weighted by Crippen LogP contribution is 2.29. The number of anilines is 1. The highest BCUT2D eigenvalue weighted by Gasteiger charge is 2.23. The number of Topliss-reactive ketones (excluding diaryl/α,β-unsaturated/α-hetero) is 1. The Morgan fingerprint density at radius 2 is 1.50 bits per heavy atom. The molecular formula is C30H33NO5. The van der Waals surface area contributed by atoms with Crippen LogP contribution in [0.3, 0.4) is 0 Å². The Bertz CT molecular complexity index is 1150. The maximum atomic E-state index is 12.7. The van der Waals surface area contributed by atoms with Crippen molar-refractivity contribution in [3.63, 3.8) is 0 Å². The van der Waals surface area contributed by atoms with E-state index in [-0.39, 0.29) is 24.5 Å². The molecule has 188 valence electrons. The second-order valence-electron chi connectivity index (χ2n) is 8.75. The lowest BCUT2D eigenvalue weighted by molar-refractivity contribution is -0.147. The topological polar surface area (TPSA) is 81.7 Å². The maximum Gasteiger partial charge on any atom is 0.306 e. The van der Waals surface area contributed by atoms with Crippen LogP contribution < -0.4 is 10.1 Å². The molecule has 0 aliphatic heterocycles. The Kier molecular flexibility index (Phi) is 9.81. The predicted octanol–water partition coefficient (Wildman–Crippen LogP) is 6.80. The van der Waals surface area contributed by atoms with E-state index < -0.39 is 12.1 Å². The molecule has 3 aromatic rings. The molecule has 6 nitrogen and oxygen atoms in total. The molecule has 3 aromatic carbocycles. The first kappa shape index (κ1) is 26.7. The molecule has 0 fully saturated rings. The minimum absolute atomic E-state index is 0.0677. The van der Waals surface area contributed by atoms with E-state index in [9.17, 15) is 14.4 Å². The number of para-hydroxylation sites is 1. The summed E-state index contributed by atoms with van der Waals surface area (Å²) in [5, 5.41) is 2.83. The zero-order valence-corrected chi connectivity index (χ0v) is 21.1. The Morgan fingerprint density at radius 3 is 2.14 bits per heavy atom. The minimum atomic E-state index is -0.803. The summed E-state index contributed by atoms with van der Waals surface area (Å²) in [4.78, 5) is 37.3. The summed E-state index contributed by atoms with van der Waals surface area (Å²) in [6.07, 6.45) is 0.939. The Labute approximate surface area is 212 Å². The van der Waals surface area contributed by atoms with Crippen molar-refractivity contribution in [1.82, 2.24) is 0 Å². The van der Waals surface area contributed by atoms with Gasteiger partial charge in [-0.05, 0) is 62.1 Å². The normalized spacial score (nSPS) is 11.4. The van der Waals surface area contributed by atoms with Crippen LogP contribution in [-0.4, -0.2) is 23.8 Å². The first-order valence-corrected chi connectivity index (χ1v) is 12.3. The number of hydrogen-bond acceptors (Lipinski definition) is 5. The largest absolute Gasteiger partial charge is 0.457 e. The molecule has 1 N–H and O–H groups in total. The lowest BCUT2D eigenvalue weighted by Gasteiger charge is -2.16. The number of nitrogens with one attached hydrogen (secondary N) is 1. The summed E-state index contributed by atoms with van der Waals surface area (Å²) >= 11 is 0. The summed E-state index contributed by atoms with van der Waals surface area (Å²) < 4.78 is 11.4. The van der Waals surface area contributed by atoms with Crippen LogP contribution in [0, 0.1) is 13.8 Å². The van der Waals surface area contributed by atoms with Crippen molar-refractivity contribution in [2.45, 2.75) is 59.0 Å². The monoisotopic (exact) mass is 487 g/mol. The van der Waals surface area contributed by atoms with Gasteiger partial charge in [0, 0.05) is 24.1 Å². The van der Waals surface area contributed by atoms with Crippen LogP contribution >= 0.6 is 0 Å². The molecule has 1 atom stereocenters. The average molecular weight is 488 g/mol. The number of carbonyl (C=O) groups excluding carboxylic acids is 3. The van der Waals surface area contributed by atoms with Crippen LogP contribution in [0.15, 0.2) is 72.8 Å². The van der Waals surface area contributed by atoms with E-state index in [1.165, 1.54) is 0 Å². The molecule has 0 aromatic heterocycles. The number of aryl methyl sites for hydroxylation is 2. The van der Waals surface area contributed by atoms with Gasteiger partial charge in [0.05, 0.1) is 0 Å². The first-order valence-electron chi connectivity index (χ1n) is 12.3. The number of ketones is 1. The third-order valence-electron chi connectivity index (χ3n) is 5.73. The molecule has 3 rings (SSSR count). The molecule has 1 amide bonds. The van der Waals surface area contributed by atoms with Crippen molar-refractivity contribution < 1.29 is 23.9 Å². The molecule has 6 heteroatoms. The smallest absolute Gasteiger partial charge is 0.306 e. The van der Waals surface area contributed by atoms with Gasteiger partial charge in [-0.3, -0.25) is 14.4 Å². The Balaban J connectivity index is 1.44. The van der Waals surface area contributed by atoms with Crippen molar-refractivity contribution >= 4 is 23.3 Å². The third kappa shape index (κ3) is 7.80. The average Bonchev–Trinajstić information content (AvgIpc) is 2.87. The van der Waals surface area contributed by atoms with Crippen LogP contribution in [0.5, 0.6) is 11.5 Å². The van der Waals surface area contributed by atoms with E-state index >= 15 is 0 Å². The standard InChI is InChI=1S/C30H33NO5/c1-4-10-26(29(34)23-13-6-5-7-14-23)36-28(33)16-9-15-27(32)31-24-17-19-25(20-18-24)35-30-21(2)11-8-12-22(30)3/h5-8,11-14,17-20,26H,4,9-10,15-16H2,1-3H3,(H,31,32). The minimum Gasteiger partial charge on any atom is -0.457 e. The number of esters is 1. The number of hydrogen-bond donors (Lipinski definition) is 1. The van der Waals surface area contributed by atoms with Crippen molar-refractivity contribution in [3.8, 4) is 11.5 Å². The van der Waals surface area contributed by atoms with Crippen LogP contribution in [0.2, 0.25) is 0 Å². The van der Waals surface area contributed by atoms with Crippen LogP contribution in [0.25, 0.3) is 0 Å². The van der Waals surface area contributed by atoms with E-state index in [1.807, 2.05) is 45.0 Å². The Hall–Kier alpha value is -3.93. The quantitative estimate of drug-likeness (QED) is 0.224. The van der Waals surface area contributed by atoms with Crippen molar-refractivity contribution in [3.05, 3.63) is 89.5 Å². The molecule has 36 heavy (non-hydrogen) atoms. The molecule has 0 aliphatic rings. The number of carbonyl (C=O) groups is 3. The van der Waals surface area contributed by atoms with Crippen LogP contribution in [0.1, 0.15) is 60.5 Å². The van der Waals surface area contributed by atoms with Crippen molar-refractivity contribution in [1.29, 1.82) is 0 Å². The van der Waals surface area contributed by atoms with Gasteiger partial charge >= 0.3 is 5.97 Å². The summed E-state index contributed by atoms with van der Waals surface area (Å²) in [7, 11) is 0. The lowest BCUT2D eigenvalue weighted by atomic mass is 10.0. The van der Waals surface area contributed by atoms with E-state index in [0.717, 1.165) is 16.9 Å². The van der Waals surface area contributed by atoms with Gasteiger partial charge < -0.3 is 14.8 Å². The maximum absolute atomic E-state index is 12.7. The van der Waals surface area contributed by atoms with E-state index in [1.54, 1.807) is 48.5 Å². The molecule has 0 bridgehead atoms. The second kappa shape index (κ2) is 13.2. The van der Waals surface area contributed by atoms with Gasteiger partial charge in [0.2, 0.25) is 11.7 Å². The molecule has 0 saturated carbocycles. The molecule has 1 unspecified atom stereocenters. The van der Waals surface area contributed by atoms with E-state index in [2.05, 4.69) is 5.32 Å². The fourth-order valence-corrected chi connectivity index (χ4v) is 3.81. The van der Waals surface area contributed by atoms with Gasteiger partial charge in [0.25, 0.3) is 0 Å². The molecular weight excluding hydrogens is 454 g/mol. The highest BCUT2D eigenvalue weighted by molar-refractivity contribution is 6.00. The summed E-state index contributed by atoms with van der Waals surface area (Å²) in [5.74, 6) is 0.636. The highest BCUT2D eigenvalue weighted by atomic mass is 16.5. The predicted molar refractivity (Wildman–Crippen MR) is 140 cm³/mol. The van der Waals surface area contributed by atoms with E-state index in [4.69, 9.17) is 9.47 Å². The summed E-state index contributed by atoms with van der Waals surface area (Å²) in [6.45, 7) is 5.93. The SMILES string of the molecule is CCCC(OC(=O)CCCC(=O)Nc1ccc(Oc2c(C)cccc2C)cc1)C(=O)c1ccccc1. The molecule has 0 heterocycles. The summed E-state index contributed by atoms with van der Waals surface area (Å²) in [5.41, 5.74) is 3.27. The zero-order chi connectivity index (χ0) is 25.9. The first-order chi connectivity index (χ1) is 17.4. The summed E-state index contributed by atoms with van der Waals surface area (Å²) in [6, 6.07) is 22.0. The van der Waals surface area contributed by atoms with Gasteiger partial charge in [0.15, 0.2) is 6.10 Å². The van der Waals surface area contributed by atoms with Gasteiger partial charge in [0.1, 0.15) is 11.5 Å². The van der Waals surface area contributed by atoms with Gasteiger partial charge in [-0.2, -0.15) is 0 Å². The third-order valence-corrected chi connectivity index (χ3v) is 5.73. The van der Waals surface area contributed by atoms with Gasteiger partial charge in [-0.25, -0.2) is 0 Å². The van der Waals surface area contributed by atoms with Gasteiger partial charge in [-0.1, -0.05) is 61.9 Å². The lowest BCUT2D eigenvalue weighted by Crippen LogP contribution is -2.27. The number of rotatable bonds is 12. The van der Waals surface area contributed by atoms with Crippen LogP contribution in [-0.2, 0) is 14.3 Å². The number of benzene rings is 3. The van der Waals surface area contributed by atoms with E-state index in [0.29, 0.717) is 36.3 Å². The molecule has 0 radical (unpaired) electrons. The van der Waals surface area contributed by atoms with Gasteiger partial charge in [-0.15, -0.1) is 0 Å². The molecule has 0 aliphatic carbocycles. The fraction of sp³-hybridized carbons (Fsp3) is 0.300. The van der Waals surface area contributed by atoms with Crippen molar-refractivity contribution in [2.75, 3.05) is 5.32 Å². The molecule has 0 saturated heterocycles. The Morgan fingerprint density at radius 1 is 0.833 bits per heavy atom. The molecule has 0 spiro atoms. The van der Waals surface area contributed by atoms with Crippen molar-refractivity contribution in [2.24, 2.45) is 0 Å². The second-order valence-corrected chi connectivity index (χ2v) is 8.75. The fourth-order valence-electron chi connectivity index (χ4n) is 3.81. The number of amides is 1.